The molecular formula is C21H30N2O2S. The molecule has 0 radical (unpaired) electrons. The lowest BCUT2D eigenvalue weighted by molar-refractivity contribution is -0.0671. The zero-order valence-corrected chi connectivity index (χ0v) is 16.8. The van der Waals surface area contributed by atoms with Crippen LogP contribution in [0.5, 0.6) is 11.5 Å². The van der Waals surface area contributed by atoms with Crippen molar-refractivity contribution in [3.8, 4) is 11.5 Å². The first-order chi connectivity index (χ1) is 12.5. The van der Waals surface area contributed by atoms with Crippen LogP contribution in [0.15, 0.2) is 18.2 Å². The van der Waals surface area contributed by atoms with E-state index in [0.29, 0.717) is 16.6 Å². The fourth-order valence-electron chi connectivity index (χ4n) is 6.10. The highest BCUT2D eigenvalue weighted by Crippen LogP contribution is 2.61. The summed E-state index contributed by atoms with van der Waals surface area (Å²) in [6, 6.07) is 6.14. The molecule has 0 aromatic heterocycles. The van der Waals surface area contributed by atoms with Gasteiger partial charge in [0.1, 0.15) is 11.5 Å². The van der Waals surface area contributed by atoms with Crippen LogP contribution in [-0.4, -0.2) is 25.4 Å². The van der Waals surface area contributed by atoms with Crippen LogP contribution < -0.4 is 20.1 Å². The van der Waals surface area contributed by atoms with Gasteiger partial charge in [0, 0.05) is 29.9 Å². The van der Waals surface area contributed by atoms with E-state index >= 15 is 0 Å². The molecule has 1 unspecified atom stereocenters. The van der Waals surface area contributed by atoms with Gasteiger partial charge in [-0.1, -0.05) is 0 Å². The number of methoxy groups -OCH3 is 2. The average molecular weight is 375 g/mol. The van der Waals surface area contributed by atoms with E-state index in [-0.39, 0.29) is 0 Å². The molecule has 1 atom stereocenters. The summed E-state index contributed by atoms with van der Waals surface area (Å²) in [6.45, 7) is 2.33. The third kappa shape index (κ3) is 3.38. The van der Waals surface area contributed by atoms with Crippen LogP contribution in [0, 0.1) is 23.2 Å². The molecule has 0 spiro atoms. The monoisotopic (exact) mass is 374 g/mol. The van der Waals surface area contributed by atoms with E-state index < -0.39 is 0 Å². The van der Waals surface area contributed by atoms with Crippen LogP contribution in [-0.2, 0) is 0 Å². The number of nitrogens with one attached hydrogen (secondary N) is 2. The Hall–Kier alpha value is -1.49. The van der Waals surface area contributed by atoms with Gasteiger partial charge in [-0.25, -0.2) is 0 Å². The van der Waals surface area contributed by atoms with Crippen LogP contribution in [0.25, 0.3) is 0 Å². The molecule has 4 bridgehead atoms. The number of thiocarbonyl (C=S) groups is 1. The molecule has 2 N–H and O–H groups in total. The van der Waals surface area contributed by atoms with E-state index in [1.807, 2.05) is 18.2 Å². The maximum atomic E-state index is 5.62. The van der Waals surface area contributed by atoms with Gasteiger partial charge in [0.15, 0.2) is 5.11 Å². The summed E-state index contributed by atoms with van der Waals surface area (Å²) in [5, 5.41) is 7.60. The summed E-state index contributed by atoms with van der Waals surface area (Å²) in [7, 11) is 3.31. The lowest BCUT2D eigenvalue weighted by Crippen LogP contribution is -2.56. The molecule has 4 saturated carbocycles. The zero-order valence-electron chi connectivity index (χ0n) is 16.0. The molecule has 0 saturated heterocycles. The summed E-state index contributed by atoms with van der Waals surface area (Å²) < 4.78 is 10.7. The molecular weight excluding hydrogens is 344 g/mol. The molecule has 4 fully saturated rings. The highest BCUT2D eigenvalue weighted by molar-refractivity contribution is 7.80. The van der Waals surface area contributed by atoms with Gasteiger partial charge in [-0.3, -0.25) is 0 Å². The highest BCUT2D eigenvalue weighted by atomic mass is 32.1. The van der Waals surface area contributed by atoms with E-state index in [4.69, 9.17) is 21.7 Å². The SMILES string of the molecule is COc1cc(NC(=S)NC(C)C23CC4CC(CC(C4)C2)C3)cc(OC)c1. The summed E-state index contributed by atoms with van der Waals surface area (Å²) in [5.41, 5.74) is 1.32. The minimum absolute atomic E-state index is 0.406. The van der Waals surface area contributed by atoms with Crippen molar-refractivity contribution >= 4 is 23.0 Å². The van der Waals surface area contributed by atoms with Crippen molar-refractivity contribution in [1.29, 1.82) is 0 Å². The molecule has 5 heteroatoms. The molecule has 1 aromatic rings. The van der Waals surface area contributed by atoms with Crippen LogP contribution >= 0.6 is 12.2 Å². The number of benzene rings is 1. The second-order valence-electron chi connectivity index (χ2n) is 8.70. The van der Waals surface area contributed by atoms with E-state index in [2.05, 4.69) is 17.6 Å². The fourth-order valence-corrected chi connectivity index (χ4v) is 6.40. The Morgan fingerprint density at radius 3 is 1.96 bits per heavy atom. The largest absolute Gasteiger partial charge is 0.497 e. The van der Waals surface area contributed by atoms with Gasteiger partial charge >= 0.3 is 0 Å². The Bertz CT molecular complexity index is 633. The van der Waals surface area contributed by atoms with Gasteiger partial charge in [-0.05, 0) is 80.8 Å². The molecule has 0 aliphatic heterocycles. The minimum Gasteiger partial charge on any atom is -0.497 e. The third-order valence-electron chi connectivity index (χ3n) is 6.96. The van der Waals surface area contributed by atoms with Crippen molar-refractivity contribution in [3.05, 3.63) is 18.2 Å². The maximum Gasteiger partial charge on any atom is 0.171 e. The highest BCUT2D eigenvalue weighted by Gasteiger charge is 2.53. The topological polar surface area (TPSA) is 42.5 Å². The van der Waals surface area contributed by atoms with Gasteiger partial charge < -0.3 is 20.1 Å². The van der Waals surface area contributed by atoms with Crippen LogP contribution in [0.4, 0.5) is 5.69 Å². The quantitative estimate of drug-likeness (QED) is 0.738. The lowest BCUT2D eigenvalue weighted by Gasteiger charge is -2.59. The standard InChI is InChI=1S/C21H30N2O2S/c1-13(21-10-14-4-15(11-21)6-16(5-14)12-21)22-20(26)23-17-7-18(24-2)9-19(8-17)25-3/h7-9,13-16H,4-6,10-12H2,1-3H3,(H2,22,23,26). The Balaban J connectivity index is 1.42. The summed E-state index contributed by atoms with van der Waals surface area (Å²) in [4.78, 5) is 0. The first-order valence-electron chi connectivity index (χ1n) is 9.80. The fraction of sp³-hybridized carbons (Fsp3) is 0.667. The summed E-state index contributed by atoms with van der Waals surface area (Å²) in [5.74, 6) is 4.37. The van der Waals surface area contributed by atoms with Crippen molar-refractivity contribution in [2.45, 2.75) is 51.5 Å². The molecule has 5 rings (SSSR count). The number of hydrogen-bond acceptors (Lipinski definition) is 3. The van der Waals surface area contributed by atoms with E-state index in [0.717, 1.165) is 34.9 Å². The van der Waals surface area contributed by atoms with E-state index in [1.54, 1.807) is 14.2 Å². The minimum atomic E-state index is 0.406. The first-order valence-corrected chi connectivity index (χ1v) is 10.2. The Morgan fingerprint density at radius 1 is 1.00 bits per heavy atom. The van der Waals surface area contributed by atoms with Gasteiger partial charge in [0.25, 0.3) is 0 Å². The Morgan fingerprint density at radius 2 is 1.50 bits per heavy atom. The van der Waals surface area contributed by atoms with Crippen LogP contribution in [0.3, 0.4) is 0 Å². The maximum absolute atomic E-state index is 5.62. The number of rotatable bonds is 5. The zero-order chi connectivity index (χ0) is 18.3. The number of anilines is 1. The molecule has 4 aliphatic rings. The Labute approximate surface area is 162 Å². The normalized spacial score (nSPS) is 32.8. The molecule has 0 amide bonds. The predicted molar refractivity (Wildman–Crippen MR) is 109 cm³/mol. The molecule has 4 nitrogen and oxygen atoms in total. The third-order valence-corrected chi connectivity index (χ3v) is 7.18. The molecule has 142 valence electrons. The van der Waals surface area contributed by atoms with Gasteiger partial charge in [0.05, 0.1) is 14.2 Å². The molecule has 26 heavy (non-hydrogen) atoms. The average Bonchev–Trinajstić information content (AvgIpc) is 2.60. The van der Waals surface area contributed by atoms with Crippen molar-refractivity contribution < 1.29 is 9.47 Å². The lowest BCUT2D eigenvalue weighted by atomic mass is 9.48. The molecule has 4 aliphatic carbocycles. The van der Waals surface area contributed by atoms with Crippen LogP contribution in [0.2, 0.25) is 0 Å². The van der Waals surface area contributed by atoms with E-state index in [9.17, 15) is 0 Å². The van der Waals surface area contributed by atoms with Crippen LogP contribution in [0.1, 0.15) is 45.4 Å². The first kappa shape index (κ1) is 17.9. The predicted octanol–water partition coefficient (Wildman–Crippen LogP) is 4.60. The smallest absolute Gasteiger partial charge is 0.171 e. The summed E-state index contributed by atoms with van der Waals surface area (Å²) >= 11 is 5.62. The second kappa shape index (κ2) is 6.91. The Kier molecular flexibility index (Phi) is 4.76. The number of ether oxygens (including phenoxy) is 2. The van der Waals surface area contributed by atoms with Crippen molar-refractivity contribution in [2.24, 2.45) is 23.2 Å². The second-order valence-corrected chi connectivity index (χ2v) is 9.11. The van der Waals surface area contributed by atoms with Gasteiger partial charge in [0.2, 0.25) is 0 Å². The van der Waals surface area contributed by atoms with Crippen molar-refractivity contribution in [2.75, 3.05) is 19.5 Å². The number of hydrogen-bond donors (Lipinski definition) is 2. The summed E-state index contributed by atoms with van der Waals surface area (Å²) in [6.07, 6.45) is 8.54. The van der Waals surface area contributed by atoms with Crippen molar-refractivity contribution in [1.82, 2.24) is 5.32 Å². The van der Waals surface area contributed by atoms with Gasteiger partial charge in [-0.15, -0.1) is 0 Å². The van der Waals surface area contributed by atoms with Gasteiger partial charge in [-0.2, -0.15) is 0 Å². The molecule has 0 heterocycles. The van der Waals surface area contributed by atoms with E-state index in [1.165, 1.54) is 38.5 Å². The van der Waals surface area contributed by atoms with Crippen molar-refractivity contribution in [3.63, 3.8) is 0 Å². The molecule has 1 aromatic carbocycles.